The molecular formula is C17H18N6O2S. The van der Waals surface area contributed by atoms with E-state index in [1.54, 1.807) is 29.5 Å². The van der Waals surface area contributed by atoms with Gasteiger partial charge in [0, 0.05) is 17.5 Å². The molecule has 2 amide bonds. The average molecular weight is 370 g/mol. The Labute approximate surface area is 154 Å². The number of aryl methyl sites for hydroxylation is 2. The first-order valence-electron chi connectivity index (χ1n) is 7.93. The summed E-state index contributed by atoms with van der Waals surface area (Å²) in [5, 5.41) is 19.2. The van der Waals surface area contributed by atoms with E-state index in [0.29, 0.717) is 18.2 Å². The quantitative estimate of drug-likeness (QED) is 0.683. The predicted octanol–water partition coefficient (Wildman–Crippen LogP) is 1.90. The standard InChI is InChI=1S/C17H18N6O2S/c1-10-4-5-15(22-21-10)23-14(6-7-19-23)20-17(25)16(24)18-8-13-9-26-12(3)11(13)2/h4-7,9H,8H2,1-3H3,(H,18,24)(H,20,25). The number of aromatic nitrogens is 4. The first kappa shape index (κ1) is 17.7. The molecule has 0 aromatic carbocycles. The van der Waals surface area contributed by atoms with E-state index in [0.717, 1.165) is 16.8 Å². The first-order valence-corrected chi connectivity index (χ1v) is 8.81. The molecule has 9 heteroatoms. The summed E-state index contributed by atoms with van der Waals surface area (Å²) in [6.07, 6.45) is 1.51. The van der Waals surface area contributed by atoms with Crippen molar-refractivity contribution in [3.05, 3.63) is 51.5 Å². The van der Waals surface area contributed by atoms with Gasteiger partial charge in [-0.3, -0.25) is 9.59 Å². The lowest BCUT2D eigenvalue weighted by Crippen LogP contribution is -2.35. The molecule has 0 aliphatic heterocycles. The molecule has 0 saturated carbocycles. The van der Waals surface area contributed by atoms with Crippen molar-refractivity contribution in [2.75, 3.05) is 5.32 Å². The molecule has 0 atom stereocenters. The molecule has 0 aliphatic rings. The largest absolute Gasteiger partial charge is 0.344 e. The fourth-order valence-electron chi connectivity index (χ4n) is 2.25. The number of thiophene rings is 1. The molecule has 0 aliphatic carbocycles. The summed E-state index contributed by atoms with van der Waals surface area (Å²) in [6, 6.07) is 5.10. The number of carbonyl (C=O) groups is 2. The lowest BCUT2D eigenvalue weighted by molar-refractivity contribution is -0.136. The van der Waals surface area contributed by atoms with Crippen LogP contribution in [0.3, 0.4) is 0 Å². The van der Waals surface area contributed by atoms with Crippen molar-refractivity contribution in [2.24, 2.45) is 0 Å². The molecule has 3 aromatic heterocycles. The zero-order valence-corrected chi connectivity index (χ0v) is 15.4. The van der Waals surface area contributed by atoms with Gasteiger partial charge in [-0.25, -0.2) is 0 Å². The second-order valence-corrected chi connectivity index (χ2v) is 6.82. The second-order valence-electron chi connectivity index (χ2n) is 5.74. The van der Waals surface area contributed by atoms with Crippen LogP contribution in [0.2, 0.25) is 0 Å². The minimum absolute atomic E-state index is 0.311. The number of nitrogens with zero attached hydrogens (tertiary/aromatic N) is 4. The first-order chi connectivity index (χ1) is 12.5. The van der Waals surface area contributed by atoms with E-state index in [1.165, 1.54) is 15.8 Å². The fourth-order valence-corrected chi connectivity index (χ4v) is 3.14. The van der Waals surface area contributed by atoms with Crippen LogP contribution in [0.25, 0.3) is 5.82 Å². The van der Waals surface area contributed by atoms with E-state index < -0.39 is 11.8 Å². The topological polar surface area (TPSA) is 102 Å². The van der Waals surface area contributed by atoms with E-state index in [4.69, 9.17) is 0 Å². The molecule has 0 saturated heterocycles. The summed E-state index contributed by atoms with van der Waals surface area (Å²) in [5.74, 6) is -0.695. The van der Waals surface area contributed by atoms with Crippen LogP contribution in [0.15, 0.2) is 29.8 Å². The van der Waals surface area contributed by atoms with Gasteiger partial charge in [0.15, 0.2) is 5.82 Å². The number of carbonyl (C=O) groups excluding carboxylic acids is 2. The molecule has 2 N–H and O–H groups in total. The summed E-state index contributed by atoms with van der Waals surface area (Å²) in [6.45, 7) is 6.15. The number of hydrogen-bond donors (Lipinski definition) is 2. The van der Waals surface area contributed by atoms with E-state index >= 15 is 0 Å². The van der Waals surface area contributed by atoms with Gasteiger partial charge in [-0.1, -0.05) is 0 Å². The van der Waals surface area contributed by atoms with Crippen molar-refractivity contribution in [3.8, 4) is 5.82 Å². The van der Waals surface area contributed by atoms with Crippen LogP contribution in [0.5, 0.6) is 0 Å². The lowest BCUT2D eigenvalue weighted by atomic mass is 10.2. The van der Waals surface area contributed by atoms with Gasteiger partial charge in [0.2, 0.25) is 0 Å². The molecule has 26 heavy (non-hydrogen) atoms. The smallest absolute Gasteiger partial charge is 0.314 e. The van der Waals surface area contributed by atoms with E-state index in [9.17, 15) is 9.59 Å². The predicted molar refractivity (Wildman–Crippen MR) is 98.2 cm³/mol. The zero-order valence-electron chi connectivity index (χ0n) is 14.6. The van der Waals surface area contributed by atoms with Gasteiger partial charge < -0.3 is 10.6 Å². The minimum Gasteiger partial charge on any atom is -0.344 e. The van der Waals surface area contributed by atoms with Crippen molar-refractivity contribution in [1.29, 1.82) is 0 Å². The molecular weight excluding hydrogens is 352 g/mol. The third-order valence-corrected chi connectivity index (χ3v) is 4.98. The highest BCUT2D eigenvalue weighted by Crippen LogP contribution is 2.20. The van der Waals surface area contributed by atoms with Gasteiger partial charge in [0.1, 0.15) is 5.82 Å². The maximum Gasteiger partial charge on any atom is 0.314 e. The molecule has 0 fully saturated rings. The van der Waals surface area contributed by atoms with Gasteiger partial charge in [0.25, 0.3) is 0 Å². The van der Waals surface area contributed by atoms with E-state index in [-0.39, 0.29) is 0 Å². The van der Waals surface area contributed by atoms with Gasteiger partial charge in [0.05, 0.1) is 11.9 Å². The number of rotatable bonds is 4. The van der Waals surface area contributed by atoms with Gasteiger partial charge in [-0.15, -0.1) is 16.4 Å². The molecule has 0 unspecified atom stereocenters. The molecule has 3 aromatic rings. The van der Waals surface area contributed by atoms with Crippen LogP contribution in [-0.4, -0.2) is 31.8 Å². The summed E-state index contributed by atoms with van der Waals surface area (Å²) in [5.41, 5.74) is 2.91. The zero-order chi connectivity index (χ0) is 18.7. The highest BCUT2D eigenvalue weighted by atomic mass is 32.1. The summed E-state index contributed by atoms with van der Waals surface area (Å²) < 4.78 is 1.41. The van der Waals surface area contributed by atoms with Crippen LogP contribution >= 0.6 is 11.3 Å². The van der Waals surface area contributed by atoms with Gasteiger partial charge in [-0.05, 0) is 49.4 Å². The van der Waals surface area contributed by atoms with Gasteiger partial charge >= 0.3 is 11.8 Å². The van der Waals surface area contributed by atoms with Crippen LogP contribution in [0, 0.1) is 20.8 Å². The molecule has 134 valence electrons. The van der Waals surface area contributed by atoms with Crippen molar-refractivity contribution in [2.45, 2.75) is 27.3 Å². The van der Waals surface area contributed by atoms with Crippen molar-refractivity contribution >= 4 is 29.0 Å². The second kappa shape index (κ2) is 7.44. The summed E-state index contributed by atoms with van der Waals surface area (Å²) >= 11 is 1.62. The molecule has 3 heterocycles. The normalized spacial score (nSPS) is 10.6. The van der Waals surface area contributed by atoms with Crippen LogP contribution in [0.1, 0.15) is 21.7 Å². The number of amides is 2. The fraction of sp³-hybridized carbons (Fsp3) is 0.235. The van der Waals surface area contributed by atoms with Gasteiger partial charge in [-0.2, -0.15) is 14.9 Å². The Morgan fingerprint density at radius 3 is 2.58 bits per heavy atom. The monoisotopic (exact) mass is 370 g/mol. The molecule has 8 nitrogen and oxygen atoms in total. The van der Waals surface area contributed by atoms with Crippen LogP contribution < -0.4 is 10.6 Å². The molecule has 0 bridgehead atoms. The minimum atomic E-state index is -0.767. The highest BCUT2D eigenvalue weighted by molar-refractivity contribution is 7.10. The Kier molecular flexibility index (Phi) is 5.08. The van der Waals surface area contributed by atoms with E-state index in [2.05, 4.69) is 25.9 Å². The third-order valence-electron chi connectivity index (χ3n) is 3.92. The van der Waals surface area contributed by atoms with Crippen molar-refractivity contribution < 1.29 is 9.59 Å². The lowest BCUT2D eigenvalue weighted by Gasteiger charge is -2.08. The Bertz CT molecular complexity index is 945. The Balaban J connectivity index is 1.65. The average Bonchev–Trinajstić information content (AvgIpc) is 3.21. The Morgan fingerprint density at radius 1 is 1.12 bits per heavy atom. The van der Waals surface area contributed by atoms with Crippen LogP contribution in [0.4, 0.5) is 5.82 Å². The number of nitrogens with one attached hydrogen (secondary N) is 2. The highest BCUT2D eigenvalue weighted by Gasteiger charge is 2.17. The third kappa shape index (κ3) is 3.77. The maximum absolute atomic E-state index is 12.2. The summed E-state index contributed by atoms with van der Waals surface area (Å²) in [7, 11) is 0. The maximum atomic E-state index is 12.2. The Morgan fingerprint density at radius 2 is 1.92 bits per heavy atom. The SMILES string of the molecule is Cc1ccc(-n2nccc2NC(=O)C(=O)NCc2csc(C)c2C)nn1. The Hall–Kier alpha value is -3.07. The van der Waals surface area contributed by atoms with E-state index in [1.807, 2.05) is 26.2 Å². The molecule has 0 spiro atoms. The number of hydrogen-bond acceptors (Lipinski definition) is 6. The van der Waals surface area contributed by atoms with Crippen molar-refractivity contribution in [1.82, 2.24) is 25.3 Å². The summed E-state index contributed by atoms with van der Waals surface area (Å²) in [4.78, 5) is 25.4. The van der Waals surface area contributed by atoms with Crippen molar-refractivity contribution in [3.63, 3.8) is 0 Å². The molecule has 0 radical (unpaired) electrons. The number of anilines is 1. The molecule has 3 rings (SSSR count). The van der Waals surface area contributed by atoms with Crippen LogP contribution in [-0.2, 0) is 16.1 Å².